The lowest BCUT2D eigenvalue weighted by molar-refractivity contribution is -0.354. The van der Waals surface area contributed by atoms with Crippen molar-refractivity contribution in [1.82, 2.24) is 5.32 Å². The van der Waals surface area contributed by atoms with E-state index < -0.39 is 69.3 Å². The van der Waals surface area contributed by atoms with Crippen molar-refractivity contribution in [2.75, 3.05) is 6.61 Å². The van der Waals surface area contributed by atoms with Gasteiger partial charge in [0.25, 0.3) is 0 Å². The molecule has 148 valence electrons. The molecule has 0 aliphatic carbocycles. The number of carbonyl (C=O) groups excluding carboxylic acids is 2. The van der Waals surface area contributed by atoms with E-state index in [0.717, 1.165) is 6.92 Å². The summed E-state index contributed by atoms with van der Waals surface area (Å²) < 4.78 is 14.2. The summed E-state index contributed by atoms with van der Waals surface area (Å²) in [6, 6.07) is -1.81. The first-order valence-corrected chi connectivity index (χ1v) is 8.27. The Morgan fingerprint density at radius 2 is 1.64 bits per heavy atom. The van der Waals surface area contributed by atoms with E-state index in [0.29, 0.717) is 0 Å². The molecule has 0 rings (SSSR count). The number of nitrogens with one attached hydrogen (secondary N) is 1. The molecule has 14 heteroatoms. The monoisotopic (exact) mass is 388 g/mol. The van der Waals surface area contributed by atoms with Crippen LogP contribution in [0.2, 0.25) is 0 Å². The average Bonchev–Trinajstić information content (AvgIpc) is 2.47. The number of aliphatic hydroxyl groups excluding tert-OH is 5. The fourth-order valence-corrected chi connectivity index (χ4v) is 2.38. The van der Waals surface area contributed by atoms with Gasteiger partial charge in [-0.25, -0.2) is 0 Å². The SMILES string of the molecule is CC(=O)N[C@@H]([C@@H](O)[C@H](O)[C@H](O)CO)[C@@H](O)C[C@@H](OP(=O)([O-])[O-])C(=O)[O-]. The number of aliphatic carboxylic acids is 1. The van der Waals surface area contributed by atoms with Gasteiger partial charge in [0.1, 0.15) is 24.4 Å². The van der Waals surface area contributed by atoms with E-state index in [-0.39, 0.29) is 0 Å². The van der Waals surface area contributed by atoms with Gasteiger partial charge in [-0.3, -0.25) is 4.79 Å². The summed E-state index contributed by atoms with van der Waals surface area (Å²) in [5, 5.41) is 60.2. The van der Waals surface area contributed by atoms with Crippen LogP contribution in [0.25, 0.3) is 0 Å². The molecule has 25 heavy (non-hydrogen) atoms. The second-order valence-electron chi connectivity index (χ2n) is 5.12. The summed E-state index contributed by atoms with van der Waals surface area (Å²) in [6.07, 6.45) is -11.6. The molecular weight excluding hydrogens is 369 g/mol. The molecule has 6 N–H and O–H groups in total. The molecule has 0 spiro atoms. The van der Waals surface area contributed by atoms with Crippen LogP contribution in [0.5, 0.6) is 0 Å². The molecule has 0 aromatic heterocycles. The zero-order chi connectivity index (χ0) is 19.9. The van der Waals surface area contributed by atoms with E-state index in [2.05, 4.69) is 4.52 Å². The van der Waals surface area contributed by atoms with Gasteiger partial charge in [0.2, 0.25) is 5.91 Å². The number of hydrogen-bond acceptors (Lipinski definition) is 12. The minimum absolute atomic E-state index is 0.849. The zero-order valence-corrected chi connectivity index (χ0v) is 13.8. The molecule has 0 unspecified atom stereocenters. The highest BCUT2D eigenvalue weighted by molar-refractivity contribution is 7.43. The van der Waals surface area contributed by atoms with Crippen LogP contribution < -0.4 is 20.2 Å². The molecule has 6 atom stereocenters. The molecule has 0 aromatic carbocycles. The lowest BCUT2D eigenvalue weighted by atomic mass is 9.93. The third kappa shape index (κ3) is 8.67. The van der Waals surface area contributed by atoms with Crippen molar-refractivity contribution in [3.05, 3.63) is 0 Å². The van der Waals surface area contributed by atoms with Gasteiger partial charge in [-0.05, 0) is 0 Å². The van der Waals surface area contributed by atoms with Gasteiger partial charge in [-0.15, -0.1) is 0 Å². The first kappa shape index (κ1) is 23.9. The Hall–Kier alpha value is -1.15. The summed E-state index contributed by atoms with van der Waals surface area (Å²) in [6.45, 7) is -0.0427. The summed E-state index contributed by atoms with van der Waals surface area (Å²) in [5.74, 6) is -3.02. The third-order valence-electron chi connectivity index (χ3n) is 3.06. The third-order valence-corrected chi connectivity index (χ3v) is 3.57. The number of aliphatic hydroxyl groups is 5. The molecule has 0 saturated heterocycles. The van der Waals surface area contributed by atoms with Crippen molar-refractivity contribution in [2.45, 2.75) is 49.9 Å². The molecule has 0 heterocycles. The van der Waals surface area contributed by atoms with Gasteiger partial charge < -0.3 is 59.6 Å². The van der Waals surface area contributed by atoms with E-state index in [1.165, 1.54) is 0 Å². The fourth-order valence-electron chi connectivity index (χ4n) is 1.90. The van der Waals surface area contributed by atoms with Crippen LogP contribution >= 0.6 is 7.82 Å². The largest absolute Gasteiger partial charge is 0.790 e. The van der Waals surface area contributed by atoms with Crippen LogP contribution in [0.4, 0.5) is 0 Å². The molecule has 0 aliphatic rings. The number of phosphoric acid groups is 1. The Morgan fingerprint density at radius 1 is 1.12 bits per heavy atom. The minimum Gasteiger partial charge on any atom is -0.790 e. The minimum atomic E-state index is -5.76. The van der Waals surface area contributed by atoms with Crippen molar-refractivity contribution in [3.8, 4) is 0 Å². The van der Waals surface area contributed by atoms with Crippen LogP contribution in [0.3, 0.4) is 0 Å². The predicted octanol–water partition coefficient (Wildman–Crippen LogP) is -6.72. The fraction of sp³-hybridized carbons (Fsp3) is 0.818. The second kappa shape index (κ2) is 10.1. The van der Waals surface area contributed by atoms with E-state index in [1.807, 2.05) is 5.32 Å². The van der Waals surface area contributed by atoms with Crippen molar-refractivity contribution >= 4 is 19.7 Å². The molecule has 0 aliphatic heterocycles. The van der Waals surface area contributed by atoms with E-state index in [9.17, 15) is 49.5 Å². The molecule has 0 aromatic rings. The van der Waals surface area contributed by atoms with Crippen molar-refractivity contribution in [1.29, 1.82) is 0 Å². The Balaban J connectivity index is 5.33. The molecule has 0 saturated carbocycles. The second-order valence-corrected chi connectivity index (χ2v) is 6.23. The Labute approximate surface area is 141 Å². The molecule has 0 fully saturated rings. The van der Waals surface area contributed by atoms with Crippen LogP contribution in [-0.2, 0) is 18.7 Å². The smallest absolute Gasteiger partial charge is 0.217 e. The standard InChI is InChI=1S/C11H22NO12P/c1-4(14)12-8(10(18)9(17)6(16)3-13)5(15)2-7(11(19)20)24-25(21,22)23/h5-10,13,15-18H,2-3H2,1H3,(H,12,14)(H,19,20)(H2,21,22,23)/p-3/t5-,6+,7+,8+,9+,10+/m0/s1. The highest BCUT2D eigenvalue weighted by Crippen LogP contribution is 2.29. The first-order chi connectivity index (χ1) is 11.3. The molecule has 1 amide bonds. The molecule has 0 bridgehead atoms. The highest BCUT2D eigenvalue weighted by Gasteiger charge is 2.37. The maximum Gasteiger partial charge on any atom is 0.217 e. The van der Waals surface area contributed by atoms with E-state index >= 15 is 0 Å². The zero-order valence-electron chi connectivity index (χ0n) is 12.9. The number of rotatable bonds is 11. The van der Waals surface area contributed by atoms with Crippen LogP contribution in [0.15, 0.2) is 0 Å². The van der Waals surface area contributed by atoms with Gasteiger partial charge >= 0.3 is 0 Å². The average molecular weight is 388 g/mol. The topological polar surface area (TPSA) is 243 Å². The first-order valence-electron chi connectivity index (χ1n) is 6.81. The normalized spacial score (nSPS) is 19.4. The summed E-state index contributed by atoms with van der Waals surface area (Å²) in [7, 11) is -5.76. The Morgan fingerprint density at radius 3 is 2.00 bits per heavy atom. The number of carboxylic acids is 1. The van der Waals surface area contributed by atoms with E-state index in [1.54, 1.807) is 0 Å². The lowest BCUT2D eigenvalue weighted by Crippen LogP contribution is -2.58. The molecular formula is C11H19NO12P-3. The number of amides is 1. The van der Waals surface area contributed by atoms with Crippen molar-refractivity contribution < 1.29 is 59.1 Å². The summed E-state index contributed by atoms with van der Waals surface area (Å²) in [4.78, 5) is 42.9. The number of carbonyl (C=O) groups is 2. The van der Waals surface area contributed by atoms with Crippen LogP contribution in [0, 0.1) is 0 Å². The number of phosphoric ester groups is 1. The van der Waals surface area contributed by atoms with Crippen LogP contribution in [-0.4, -0.2) is 80.6 Å². The van der Waals surface area contributed by atoms with Gasteiger partial charge in [0.15, 0.2) is 0 Å². The molecule has 0 radical (unpaired) electrons. The van der Waals surface area contributed by atoms with Crippen molar-refractivity contribution in [3.63, 3.8) is 0 Å². The number of hydrogen-bond donors (Lipinski definition) is 6. The maximum absolute atomic E-state index is 11.1. The summed E-state index contributed by atoms with van der Waals surface area (Å²) >= 11 is 0. The predicted molar refractivity (Wildman–Crippen MR) is 70.8 cm³/mol. The van der Waals surface area contributed by atoms with Crippen molar-refractivity contribution in [2.24, 2.45) is 0 Å². The molecule has 13 nitrogen and oxygen atoms in total. The van der Waals surface area contributed by atoms with Gasteiger partial charge in [-0.1, -0.05) is 0 Å². The number of carboxylic acid groups (broad SMARTS) is 1. The van der Waals surface area contributed by atoms with Gasteiger partial charge in [0, 0.05) is 13.3 Å². The quantitative estimate of drug-likeness (QED) is 0.181. The van der Waals surface area contributed by atoms with Gasteiger partial charge in [0.05, 0.1) is 32.5 Å². The van der Waals surface area contributed by atoms with E-state index in [4.69, 9.17) is 5.11 Å². The Kier molecular flexibility index (Phi) is 9.64. The summed E-state index contributed by atoms with van der Waals surface area (Å²) in [5.41, 5.74) is 0. The maximum atomic E-state index is 11.1. The highest BCUT2D eigenvalue weighted by atomic mass is 31.2. The Bertz CT molecular complexity index is 495. The van der Waals surface area contributed by atoms with Gasteiger partial charge in [-0.2, -0.15) is 0 Å². The lowest BCUT2D eigenvalue weighted by Gasteiger charge is -2.37. The van der Waals surface area contributed by atoms with Crippen LogP contribution in [0.1, 0.15) is 13.3 Å².